The van der Waals surface area contributed by atoms with Gasteiger partial charge in [-0.1, -0.05) is 24.3 Å². The fourth-order valence-corrected chi connectivity index (χ4v) is 4.22. The van der Waals surface area contributed by atoms with Gasteiger partial charge < -0.3 is 14.2 Å². The van der Waals surface area contributed by atoms with Crippen molar-refractivity contribution in [3.05, 3.63) is 71.8 Å². The van der Waals surface area contributed by atoms with E-state index in [0.29, 0.717) is 29.2 Å². The average Bonchev–Trinajstić information content (AvgIpc) is 2.75. The van der Waals surface area contributed by atoms with Crippen LogP contribution in [0.25, 0.3) is 11.1 Å². The predicted molar refractivity (Wildman–Crippen MR) is 117 cm³/mol. The van der Waals surface area contributed by atoms with Gasteiger partial charge in [-0.15, -0.1) is 0 Å². The van der Waals surface area contributed by atoms with Crippen LogP contribution in [0.15, 0.2) is 60.7 Å². The van der Waals surface area contributed by atoms with Crippen molar-refractivity contribution < 1.29 is 27.4 Å². The third-order valence-corrected chi connectivity index (χ3v) is 5.44. The summed E-state index contributed by atoms with van der Waals surface area (Å²) >= 11 is 0. The molecule has 1 N–H and O–H groups in total. The van der Waals surface area contributed by atoms with Gasteiger partial charge in [0.2, 0.25) is 10.0 Å². The first-order valence-corrected chi connectivity index (χ1v) is 11.4. The highest BCUT2D eigenvalue weighted by atomic mass is 32.2. The summed E-state index contributed by atoms with van der Waals surface area (Å²) in [7, 11) is -1.85. The number of rotatable bonds is 7. The largest absolute Gasteiger partial charge is 0.496 e. The van der Waals surface area contributed by atoms with Crippen molar-refractivity contribution >= 4 is 22.0 Å². The molecule has 0 radical (unpaired) electrons. The van der Waals surface area contributed by atoms with Crippen molar-refractivity contribution in [1.82, 2.24) is 0 Å². The third kappa shape index (κ3) is 4.34. The lowest BCUT2D eigenvalue weighted by atomic mass is 9.88. The predicted octanol–water partition coefficient (Wildman–Crippen LogP) is 3.79. The molecule has 0 saturated heterocycles. The topological polar surface area (TPSA) is 90.9 Å². The highest BCUT2D eigenvalue weighted by Crippen LogP contribution is 2.49. The number of sulfonamides is 1. The van der Waals surface area contributed by atoms with Crippen molar-refractivity contribution in [2.45, 2.75) is 6.10 Å². The second kappa shape index (κ2) is 8.31. The van der Waals surface area contributed by atoms with Crippen LogP contribution < -0.4 is 18.9 Å². The van der Waals surface area contributed by atoms with Gasteiger partial charge in [-0.05, 0) is 42.0 Å². The summed E-state index contributed by atoms with van der Waals surface area (Å²) in [6.45, 7) is -0.0476. The quantitative estimate of drug-likeness (QED) is 0.563. The molecular weight excluding hydrogens is 418 g/mol. The molecule has 1 aliphatic heterocycles. The molecule has 0 amide bonds. The first kappa shape index (κ1) is 20.7. The number of anilines is 1. The number of aldehydes is 1. The number of ether oxygens (including phenoxy) is 3. The van der Waals surface area contributed by atoms with Gasteiger partial charge in [0.1, 0.15) is 30.0 Å². The van der Waals surface area contributed by atoms with E-state index in [9.17, 15) is 13.2 Å². The molecule has 0 aliphatic carbocycles. The molecule has 31 heavy (non-hydrogen) atoms. The van der Waals surface area contributed by atoms with Crippen LogP contribution in [-0.4, -0.2) is 34.7 Å². The molecule has 160 valence electrons. The Morgan fingerprint density at radius 3 is 2.65 bits per heavy atom. The third-order valence-electron chi connectivity index (χ3n) is 4.84. The van der Waals surface area contributed by atoms with Crippen LogP contribution in [0.5, 0.6) is 17.2 Å². The van der Waals surface area contributed by atoms with Gasteiger partial charge in [0.25, 0.3) is 0 Å². The van der Waals surface area contributed by atoms with Crippen molar-refractivity contribution in [3.8, 4) is 28.4 Å². The minimum absolute atomic E-state index is 0.0476. The summed E-state index contributed by atoms with van der Waals surface area (Å²) < 4.78 is 43.4. The molecule has 3 aromatic rings. The molecule has 4 rings (SSSR count). The summed E-state index contributed by atoms with van der Waals surface area (Å²) in [6.07, 6.45) is 1.27. The number of hydrogen-bond donors (Lipinski definition) is 1. The Bertz CT molecular complexity index is 1240. The van der Waals surface area contributed by atoms with Crippen LogP contribution in [0.2, 0.25) is 0 Å². The van der Waals surface area contributed by atoms with Crippen LogP contribution in [0.4, 0.5) is 5.69 Å². The normalized spacial score (nSPS) is 14.6. The van der Waals surface area contributed by atoms with E-state index in [-0.39, 0.29) is 6.61 Å². The number of fused-ring (bicyclic) bond motifs is 3. The Balaban J connectivity index is 1.87. The second-order valence-electron chi connectivity index (χ2n) is 7.06. The van der Waals surface area contributed by atoms with E-state index >= 15 is 0 Å². The van der Waals surface area contributed by atoms with E-state index in [2.05, 4.69) is 4.72 Å². The number of nitrogens with one attached hydrogen (secondary N) is 1. The van der Waals surface area contributed by atoms with Crippen LogP contribution >= 0.6 is 0 Å². The van der Waals surface area contributed by atoms with E-state index < -0.39 is 16.1 Å². The highest BCUT2D eigenvalue weighted by molar-refractivity contribution is 7.92. The zero-order valence-corrected chi connectivity index (χ0v) is 17.8. The smallest absolute Gasteiger partial charge is 0.229 e. The molecule has 7 nitrogen and oxygen atoms in total. The minimum atomic E-state index is -3.44. The van der Waals surface area contributed by atoms with Crippen molar-refractivity contribution in [1.29, 1.82) is 0 Å². The molecule has 0 spiro atoms. The Kier molecular flexibility index (Phi) is 5.56. The zero-order chi connectivity index (χ0) is 22.0. The van der Waals surface area contributed by atoms with Gasteiger partial charge in [0.15, 0.2) is 6.29 Å². The molecule has 0 bridgehead atoms. The van der Waals surface area contributed by atoms with Crippen LogP contribution in [-0.2, 0) is 14.8 Å². The summed E-state index contributed by atoms with van der Waals surface area (Å²) in [6, 6.07) is 18.2. The molecule has 1 heterocycles. The average molecular weight is 439 g/mol. The lowest BCUT2D eigenvalue weighted by Gasteiger charge is -2.30. The maximum absolute atomic E-state index is 11.8. The van der Waals surface area contributed by atoms with E-state index in [1.807, 2.05) is 36.4 Å². The summed E-state index contributed by atoms with van der Waals surface area (Å²) in [5.74, 6) is 1.85. The van der Waals surface area contributed by atoms with E-state index in [1.165, 1.54) is 0 Å². The summed E-state index contributed by atoms with van der Waals surface area (Å²) in [5, 5.41) is 0. The van der Waals surface area contributed by atoms with Gasteiger partial charge in [0, 0.05) is 16.8 Å². The molecule has 1 unspecified atom stereocenters. The highest BCUT2D eigenvalue weighted by Gasteiger charge is 2.30. The summed E-state index contributed by atoms with van der Waals surface area (Å²) in [4.78, 5) is 10.7. The van der Waals surface area contributed by atoms with Crippen molar-refractivity contribution in [2.24, 2.45) is 0 Å². The molecular formula is C23H21NO6S. The SMILES string of the molecule is COc1cccc2c1-c1ccc(NS(C)(=O)=O)cc1C(c1cccc(OCC=O)c1)O2. The number of hydrogen-bond acceptors (Lipinski definition) is 6. The van der Waals surface area contributed by atoms with E-state index in [1.54, 1.807) is 31.4 Å². The van der Waals surface area contributed by atoms with E-state index in [4.69, 9.17) is 14.2 Å². The first-order valence-electron chi connectivity index (χ1n) is 9.52. The zero-order valence-electron chi connectivity index (χ0n) is 17.0. The van der Waals surface area contributed by atoms with Crippen LogP contribution in [0, 0.1) is 0 Å². The van der Waals surface area contributed by atoms with Crippen molar-refractivity contribution in [3.63, 3.8) is 0 Å². The second-order valence-corrected chi connectivity index (χ2v) is 8.81. The van der Waals surface area contributed by atoms with Crippen LogP contribution in [0.3, 0.4) is 0 Å². The number of benzene rings is 3. The van der Waals surface area contributed by atoms with Gasteiger partial charge in [0.05, 0.1) is 18.9 Å². The Labute approximate surface area is 180 Å². The van der Waals surface area contributed by atoms with Crippen LogP contribution in [0.1, 0.15) is 17.2 Å². The Hall–Kier alpha value is -3.52. The fraction of sp³-hybridized carbons (Fsp3) is 0.174. The Morgan fingerprint density at radius 1 is 1.10 bits per heavy atom. The van der Waals surface area contributed by atoms with Gasteiger partial charge in [-0.2, -0.15) is 0 Å². The van der Waals surface area contributed by atoms with E-state index in [0.717, 1.165) is 28.5 Å². The van der Waals surface area contributed by atoms with Gasteiger partial charge >= 0.3 is 0 Å². The molecule has 1 aliphatic rings. The standard InChI is InChI=1S/C23H21NO6S/c1-28-20-7-4-8-21-22(20)18-10-9-16(24-31(2,26)27)14-19(18)23(30-21)15-5-3-6-17(13-15)29-12-11-25/h3-11,13-14,23-24H,12H2,1-2H3. The van der Waals surface area contributed by atoms with Gasteiger partial charge in [-0.25, -0.2) is 8.42 Å². The van der Waals surface area contributed by atoms with Gasteiger partial charge in [-0.3, -0.25) is 9.52 Å². The maximum atomic E-state index is 11.8. The minimum Gasteiger partial charge on any atom is -0.496 e. The first-order chi connectivity index (χ1) is 14.9. The molecule has 0 saturated carbocycles. The maximum Gasteiger partial charge on any atom is 0.229 e. The monoisotopic (exact) mass is 439 g/mol. The Morgan fingerprint density at radius 2 is 1.90 bits per heavy atom. The number of carbonyl (C=O) groups is 1. The number of methoxy groups -OCH3 is 1. The lowest BCUT2D eigenvalue weighted by molar-refractivity contribution is -0.109. The number of carbonyl (C=O) groups excluding carboxylic acids is 1. The molecule has 1 atom stereocenters. The fourth-order valence-electron chi connectivity index (χ4n) is 3.67. The molecule has 0 fully saturated rings. The molecule has 8 heteroatoms. The molecule has 3 aromatic carbocycles. The van der Waals surface area contributed by atoms with Crippen molar-refractivity contribution in [2.75, 3.05) is 24.7 Å². The molecule has 0 aromatic heterocycles. The lowest BCUT2D eigenvalue weighted by Crippen LogP contribution is -2.17. The summed E-state index contributed by atoms with van der Waals surface area (Å²) in [5.41, 5.74) is 3.69.